The van der Waals surface area contributed by atoms with Gasteiger partial charge in [0.25, 0.3) is 0 Å². The number of rotatable bonds is 4. The Morgan fingerprint density at radius 1 is 1.00 bits per heavy atom. The van der Waals surface area contributed by atoms with Gasteiger partial charge < -0.3 is 0 Å². The van der Waals surface area contributed by atoms with Gasteiger partial charge in [-0.15, -0.1) is 0 Å². The number of primary sulfonamides is 1. The second-order valence-corrected chi connectivity index (χ2v) is 11.7. The molecule has 32 heavy (non-hydrogen) atoms. The Balaban J connectivity index is 1.67. The van der Waals surface area contributed by atoms with Crippen molar-refractivity contribution in [3.8, 4) is 0 Å². The molecule has 2 aromatic carbocycles. The first-order valence-corrected chi connectivity index (χ1v) is 13.6. The Kier molecular flexibility index (Phi) is 5.64. The maximum Gasteiger partial charge on any atom is 0.238 e. The van der Waals surface area contributed by atoms with Crippen LogP contribution in [0.3, 0.4) is 0 Å². The van der Waals surface area contributed by atoms with Crippen molar-refractivity contribution in [3.63, 3.8) is 0 Å². The first-order valence-electron chi connectivity index (χ1n) is 11.3. The summed E-state index contributed by atoms with van der Waals surface area (Å²) in [6, 6.07) is 18.5. The lowest BCUT2D eigenvalue weighted by atomic mass is 9.64. The summed E-state index contributed by atoms with van der Waals surface area (Å²) in [5.41, 5.74) is 4.38. The highest BCUT2D eigenvalue weighted by Gasteiger charge is 2.42. The molecule has 0 radical (unpaired) electrons. The van der Waals surface area contributed by atoms with Crippen LogP contribution in [0.1, 0.15) is 67.3 Å². The number of benzene rings is 2. The van der Waals surface area contributed by atoms with Crippen molar-refractivity contribution >= 4 is 21.8 Å². The van der Waals surface area contributed by atoms with Gasteiger partial charge in [0.1, 0.15) is 0 Å². The van der Waals surface area contributed by atoms with Crippen LogP contribution >= 0.6 is 11.8 Å². The normalized spacial score (nSPS) is 18.1. The number of hydrogen-bond acceptors (Lipinski definition) is 4. The number of sulfonamides is 1. The Morgan fingerprint density at radius 2 is 1.75 bits per heavy atom. The average molecular weight is 465 g/mol. The third-order valence-corrected chi connectivity index (χ3v) is 9.16. The predicted octanol–water partition coefficient (Wildman–Crippen LogP) is 5.79. The zero-order valence-corrected chi connectivity index (χ0v) is 19.9. The molecule has 0 bridgehead atoms. The van der Waals surface area contributed by atoms with Crippen LogP contribution < -0.4 is 5.14 Å². The maximum atomic E-state index is 12.6. The van der Waals surface area contributed by atoms with E-state index in [0.717, 1.165) is 29.0 Å². The third kappa shape index (κ3) is 3.78. The van der Waals surface area contributed by atoms with Gasteiger partial charge in [-0.3, -0.25) is 4.98 Å². The molecule has 4 nitrogen and oxygen atoms in total. The largest absolute Gasteiger partial charge is 0.261 e. The molecule has 1 fully saturated rings. The Bertz CT molecular complexity index is 1250. The van der Waals surface area contributed by atoms with Crippen molar-refractivity contribution in [1.29, 1.82) is 0 Å². The molecule has 5 rings (SSSR count). The SMILES string of the molecule is CC(Cc1cc2c(cc1S(N)(=O)=O)Sc1ccccc1C21CCCCC1)c1ccccn1. The van der Waals surface area contributed by atoms with Crippen molar-refractivity contribution in [2.75, 3.05) is 0 Å². The van der Waals surface area contributed by atoms with Gasteiger partial charge in [-0.1, -0.05) is 68.3 Å². The molecule has 2 heterocycles. The molecule has 1 aromatic heterocycles. The second-order valence-electron chi connectivity index (χ2n) is 9.10. The maximum absolute atomic E-state index is 12.6. The predicted molar refractivity (Wildman–Crippen MR) is 129 cm³/mol. The molecular formula is C26H28N2O2S2. The summed E-state index contributed by atoms with van der Waals surface area (Å²) in [6.07, 6.45) is 8.20. The number of nitrogens with two attached hydrogens (primary N) is 1. The summed E-state index contributed by atoms with van der Waals surface area (Å²) in [5.74, 6) is 0.0839. The van der Waals surface area contributed by atoms with Crippen LogP contribution in [0.4, 0.5) is 0 Å². The molecule has 166 valence electrons. The standard InChI is InChI=1S/C26H28N2O2S2/c1-18(22-10-5-8-14-28-22)15-19-16-21-24(17-25(19)32(27,29)30)31-23-11-4-3-9-20(23)26(21)12-6-2-7-13-26/h3-5,8-11,14,16-18H,2,6-7,12-13,15H2,1H3,(H2,27,29,30). The van der Waals surface area contributed by atoms with Crippen LogP contribution in [0.5, 0.6) is 0 Å². The molecule has 1 unspecified atom stereocenters. The van der Waals surface area contributed by atoms with Crippen molar-refractivity contribution in [2.45, 2.75) is 71.5 Å². The van der Waals surface area contributed by atoms with Crippen LogP contribution in [0.2, 0.25) is 0 Å². The summed E-state index contributed by atoms with van der Waals surface area (Å²) in [7, 11) is -3.85. The monoisotopic (exact) mass is 464 g/mol. The number of hydrogen-bond donors (Lipinski definition) is 1. The summed E-state index contributed by atoms with van der Waals surface area (Å²) in [6.45, 7) is 2.09. The van der Waals surface area contributed by atoms with Gasteiger partial charge in [-0.25, -0.2) is 13.6 Å². The molecule has 3 aromatic rings. The van der Waals surface area contributed by atoms with E-state index in [9.17, 15) is 8.42 Å². The lowest BCUT2D eigenvalue weighted by molar-refractivity contribution is 0.334. The van der Waals surface area contributed by atoms with Gasteiger partial charge in [0.2, 0.25) is 10.0 Å². The van der Waals surface area contributed by atoms with Crippen molar-refractivity contribution in [1.82, 2.24) is 4.98 Å². The highest BCUT2D eigenvalue weighted by molar-refractivity contribution is 7.99. The summed E-state index contributed by atoms with van der Waals surface area (Å²) in [5, 5.41) is 5.72. The average Bonchev–Trinajstić information content (AvgIpc) is 2.80. The Hall–Kier alpha value is -2.15. The van der Waals surface area contributed by atoms with Crippen molar-refractivity contribution in [3.05, 3.63) is 83.2 Å². The Morgan fingerprint density at radius 3 is 2.47 bits per heavy atom. The van der Waals surface area contributed by atoms with E-state index in [2.05, 4.69) is 42.2 Å². The molecule has 1 aliphatic carbocycles. The van der Waals surface area contributed by atoms with Gasteiger partial charge in [-0.05, 0) is 60.2 Å². The number of aromatic nitrogens is 1. The molecule has 0 amide bonds. The molecule has 6 heteroatoms. The fourth-order valence-corrected chi connectivity index (χ4v) is 7.66. The van der Waals surface area contributed by atoms with Crippen molar-refractivity contribution < 1.29 is 8.42 Å². The first kappa shape index (κ1) is 21.7. The summed E-state index contributed by atoms with van der Waals surface area (Å²) >= 11 is 1.67. The van der Waals surface area contributed by atoms with Crippen molar-refractivity contribution in [2.24, 2.45) is 5.14 Å². The number of fused-ring (bicyclic) bond motifs is 4. The fraction of sp³-hybridized carbons (Fsp3) is 0.346. The summed E-state index contributed by atoms with van der Waals surface area (Å²) < 4.78 is 25.2. The van der Waals surface area contributed by atoms with Gasteiger partial charge in [0.15, 0.2) is 0 Å². The van der Waals surface area contributed by atoms with E-state index in [0.29, 0.717) is 6.42 Å². The van der Waals surface area contributed by atoms with Gasteiger partial charge in [0.05, 0.1) is 4.90 Å². The number of pyridine rings is 1. The van der Waals surface area contributed by atoms with Crippen LogP contribution in [0.15, 0.2) is 75.5 Å². The van der Waals surface area contributed by atoms with E-state index in [-0.39, 0.29) is 16.2 Å². The van der Waals surface area contributed by atoms with Gasteiger partial charge >= 0.3 is 0 Å². The highest BCUT2D eigenvalue weighted by Crippen LogP contribution is 2.56. The molecule has 1 aliphatic heterocycles. The summed E-state index contributed by atoms with van der Waals surface area (Å²) in [4.78, 5) is 6.99. The highest BCUT2D eigenvalue weighted by atomic mass is 32.2. The molecule has 2 aliphatic rings. The zero-order chi connectivity index (χ0) is 22.3. The van der Waals surface area contributed by atoms with E-state index in [1.807, 2.05) is 24.3 Å². The van der Waals surface area contributed by atoms with Crippen LogP contribution in [0.25, 0.3) is 0 Å². The lowest BCUT2D eigenvalue weighted by Gasteiger charge is -2.43. The first-order chi connectivity index (χ1) is 15.4. The molecule has 0 saturated heterocycles. The third-order valence-electron chi connectivity index (χ3n) is 7.03. The van der Waals surface area contributed by atoms with Crippen LogP contribution in [-0.4, -0.2) is 13.4 Å². The molecular weight excluding hydrogens is 436 g/mol. The number of nitrogens with zero attached hydrogens (tertiary/aromatic N) is 1. The minimum Gasteiger partial charge on any atom is -0.261 e. The quantitative estimate of drug-likeness (QED) is 0.530. The topological polar surface area (TPSA) is 73.1 Å². The molecule has 2 N–H and O–H groups in total. The zero-order valence-electron chi connectivity index (χ0n) is 18.3. The van der Waals surface area contributed by atoms with Gasteiger partial charge in [0, 0.05) is 33.0 Å². The lowest BCUT2D eigenvalue weighted by Crippen LogP contribution is -2.34. The van der Waals surface area contributed by atoms with Crippen LogP contribution in [-0.2, 0) is 21.9 Å². The molecule has 1 atom stereocenters. The smallest absolute Gasteiger partial charge is 0.238 e. The minimum atomic E-state index is -3.85. The minimum absolute atomic E-state index is 0.0463. The second kappa shape index (κ2) is 8.32. The Labute approximate surface area is 194 Å². The molecule has 1 spiro atoms. The fourth-order valence-electron chi connectivity index (χ4n) is 5.50. The van der Waals surface area contributed by atoms with Crippen LogP contribution in [0, 0.1) is 0 Å². The van der Waals surface area contributed by atoms with E-state index in [1.54, 1.807) is 18.0 Å². The van der Waals surface area contributed by atoms with E-state index >= 15 is 0 Å². The van der Waals surface area contributed by atoms with Gasteiger partial charge in [-0.2, -0.15) is 0 Å². The molecule has 1 saturated carbocycles. The van der Waals surface area contributed by atoms with E-state index in [4.69, 9.17) is 5.14 Å². The van der Waals surface area contributed by atoms with E-state index < -0.39 is 10.0 Å². The van der Waals surface area contributed by atoms with E-state index in [1.165, 1.54) is 35.3 Å².